The summed E-state index contributed by atoms with van der Waals surface area (Å²) in [6.07, 6.45) is 7.48. The fourth-order valence-corrected chi connectivity index (χ4v) is 6.84. The van der Waals surface area contributed by atoms with E-state index in [1.54, 1.807) is 11.8 Å². The fraction of sp³-hybridized carbons (Fsp3) is 0.821. The van der Waals surface area contributed by atoms with Gasteiger partial charge in [-0.15, -0.1) is 0 Å². The number of amides is 5. The Morgan fingerprint density at radius 1 is 1.03 bits per heavy atom. The summed E-state index contributed by atoms with van der Waals surface area (Å²) in [5, 5.41) is 11.0. The highest BCUT2D eigenvalue weighted by Crippen LogP contribution is 2.43. The second-order valence-corrected chi connectivity index (χ2v) is 12.6. The SMILES string of the molecule is CCOC(=O)[C@@H]1[C@H]2CCC[C@H]2CN1C(=O)[C@@H](NC(=O)[C@@H](NC(=O)[C@@H]1CNC(=O)N1)C1CCCCC1)C(C)(C)C. The lowest BCUT2D eigenvalue weighted by atomic mass is 9.82. The number of nitrogens with zero attached hydrogens (tertiary/aromatic N) is 1. The fourth-order valence-electron chi connectivity index (χ4n) is 6.84. The number of nitrogens with one attached hydrogen (secondary N) is 4. The third-order valence-electron chi connectivity index (χ3n) is 8.89. The number of carbonyl (C=O) groups is 5. The van der Waals surface area contributed by atoms with Crippen LogP contribution >= 0.6 is 0 Å². The lowest BCUT2D eigenvalue weighted by Gasteiger charge is -2.38. The summed E-state index contributed by atoms with van der Waals surface area (Å²) >= 11 is 0. The van der Waals surface area contributed by atoms with Gasteiger partial charge in [0.05, 0.1) is 6.61 Å². The number of urea groups is 1. The first-order chi connectivity index (χ1) is 18.5. The van der Waals surface area contributed by atoms with Gasteiger partial charge in [-0.05, 0) is 55.8 Å². The topological polar surface area (TPSA) is 146 Å². The molecule has 0 spiro atoms. The average Bonchev–Trinajstić information content (AvgIpc) is 3.61. The van der Waals surface area contributed by atoms with Crippen LogP contribution in [0, 0.1) is 23.2 Å². The van der Waals surface area contributed by atoms with Crippen LogP contribution in [0.5, 0.6) is 0 Å². The van der Waals surface area contributed by atoms with Gasteiger partial charge in [0.25, 0.3) is 0 Å². The van der Waals surface area contributed by atoms with Crippen molar-refractivity contribution in [2.24, 2.45) is 23.2 Å². The van der Waals surface area contributed by atoms with Crippen molar-refractivity contribution in [1.82, 2.24) is 26.2 Å². The standard InChI is InChI=1S/C28H45N5O6/c1-5-39-26(37)21-18-13-9-12-17(18)15-33(21)25(36)22(28(2,3)4)32-24(35)20(16-10-7-6-8-11-16)31-23(34)19-14-29-27(38)30-19/h16-22H,5-15H2,1-4H3,(H,31,34)(H,32,35)(H2,29,30,38)/t17-,18-,19-,20-,21-,22+/m0/s1. The number of rotatable bonds is 8. The first kappa shape index (κ1) is 29.1. The normalized spacial score (nSPS) is 28.6. The molecule has 0 radical (unpaired) electrons. The Morgan fingerprint density at radius 2 is 1.74 bits per heavy atom. The van der Waals surface area contributed by atoms with Crippen molar-refractivity contribution in [1.29, 1.82) is 0 Å². The molecule has 2 saturated heterocycles. The van der Waals surface area contributed by atoms with Crippen LogP contribution in [0.3, 0.4) is 0 Å². The molecule has 0 aromatic heterocycles. The van der Waals surface area contributed by atoms with Gasteiger partial charge in [-0.1, -0.05) is 46.5 Å². The third-order valence-corrected chi connectivity index (χ3v) is 8.89. The number of esters is 1. The lowest BCUT2D eigenvalue weighted by molar-refractivity contribution is -0.156. The van der Waals surface area contributed by atoms with Crippen molar-refractivity contribution < 1.29 is 28.7 Å². The van der Waals surface area contributed by atoms with Crippen molar-refractivity contribution in [3.05, 3.63) is 0 Å². The van der Waals surface area contributed by atoms with Crippen molar-refractivity contribution in [2.45, 2.75) is 103 Å². The molecule has 0 bridgehead atoms. The molecule has 2 aliphatic carbocycles. The number of likely N-dealkylation sites (tertiary alicyclic amines) is 1. The largest absolute Gasteiger partial charge is 0.464 e. The second kappa shape index (κ2) is 12.1. The van der Waals surface area contributed by atoms with E-state index in [0.717, 1.165) is 51.4 Å². The Balaban J connectivity index is 1.54. The van der Waals surface area contributed by atoms with Gasteiger partial charge in [-0.25, -0.2) is 9.59 Å². The highest BCUT2D eigenvalue weighted by Gasteiger charge is 2.52. The van der Waals surface area contributed by atoms with Crippen LogP contribution in [0.15, 0.2) is 0 Å². The van der Waals surface area contributed by atoms with Gasteiger partial charge in [-0.3, -0.25) is 14.4 Å². The molecule has 0 unspecified atom stereocenters. The van der Waals surface area contributed by atoms with Crippen molar-refractivity contribution in [2.75, 3.05) is 19.7 Å². The summed E-state index contributed by atoms with van der Waals surface area (Å²) in [7, 11) is 0. The minimum absolute atomic E-state index is 0.0677. The van der Waals surface area contributed by atoms with E-state index in [4.69, 9.17) is 4.74 Å². The molecule has 11 heteroatoms. The summed E-state index contributed by atoms with van der Waals surface area (Å²) in [6.45, 7) is 8.30. The van der Waals surface area contributed by atoms with Crippen LogP contribution in [0.2, 0.25) is 0 Å². The molecule has 4 aliphatic rings. The van der Waals surface area contributed by atoms with Crippen LogP contribution < -0.4 is 21.3 Å². The second-order valence-electron chi connectivity index (χ2n) is 12.6. The maximum atomic E-state index is 14.1. The number of carbonyl (C=O) groups excluding carboxylic acids is 5. The lowest BCUT2D eigenvalue weighted by Crippen LogP contribution is -2.62. The van der Waals surface area contributed by atoms with Gasteiger partial charge < -0.3 is 30.9 Å². The Kier molecular flexibility index (Phi) is 9.06. The number of hydrogen-bond acceptors (Lipinski definition) is 6. The van der Waals surface area contributed by atoms with Crippen molar-refractivity contribution >= 4 is 29.7 Å². The number of ether oxygens (including phenoxy) is 1. The maximum absolute atomic E-state index is 14.1. The first-order valence-electron chi connectivity index (χ1n) is 14.6. The molecule has 4 N–H and O–H groups in total. The van der Waals surface area contributed by atoms with E-state index in [2.05, 4.69) is 21.3 Å². The van der Waals surface area contributed by atoms with Gasteiger partial charge >= 0.3 is 12.0 Å². The molecular formula is C28H45N5O6. The van der Waals surface area contributed by atoms with Gasteiger partial charge in [0.15, 0.2) is 0 Å². The molecule has 5 amide bonds. The summed E-state index contributed by atoms with van der Waals surface area (Å²) in [6, 6.07) is -3.54. The molecule has 2 aliphatic heterocycles. The zero-order valence-corrected chi connectivity index (χ0v) is 23.7. The molecule has 4 rings (SSSR count). The van der Waals surface area contributed by atoms with E-state index in [1.807, 2.05) is 20.8 Å². The van der Waals surface area contributed by atoms with Crippen LogP contribution in [-0.2, 0) is 23.9 Å². The van der Waals surface area contributed by atoms with Crippen LogP contribution in [-0.4, -0.2) is 78.5 Å². The highest BCUT2D eigenvalue weighted by atomic mass is 16.5. The van der Waals surface area contributed by atoms with Gasteiger partial charge in [-0.2, -0.15) is 0 Å². The molecule has 0 aromatic rings. The summed E-state index contributed by atoms with van der Waals surface area (Å²) in [5.74, 6) is -1.23. The van der Waals surface area contributed by atoms with Gasteiger partial charge in [0.2, 0.25) is 17.7 Å². The maximum Gasteiger partial charge on any atom is 0.329 e. The van der Waals surface area contributed by atoms with Crippen LogP contribution in [0.25, 0.3) is 0 Å². The first-order valence-corrected chi connectivity index (χ1v) is 14.6. The number of hydrogen-bond donors (Lipinski definition) is 4. The van der Waals surface area contributed by atoms with Crippen LogP contribution in [0.1, 0.15) is 79.1 Å². The van der Waals surface area contributed by atoms with E-state index >= 15 is 0 Å². The minimum atomic E-state index is -0.892. The van der Waals surface area contributed by atoms with E-state index in [-0.39, 0.29) is 42.8 Å². The van der Waals surface area contributed by atoms with E-state index in [1.165, 1.54) is 0 Å². The summed E-state index contributed by atoms with van der Waals surface area (Å²) in [4.78, 5) is 67.2. The smallest absolute Gasteiger partial charge is 0.329 e. The predicted molar refractivity (Wildman–Crippen MR) is 143 cm³/mol. The molecular weight excluding hydrogens is 502 g/mol. The molecule has 39 heavy (non-hydrogen) atoms. The van der Waals surface area contributed by atoms with Crippen LogP contribution in [0.4, 0.5) is 4.79 Å². The van der Waals surface area contributed by atoms with E-state index < -0.39 is 47.4 Å². The van der Waals surface area contributed by atoms with E-state index in [9.17, 15) is 24.0 Å². The van der Waals surface area contributed by atoms with Gasteiger partial charge in [0, 0.05) is 13.1 Å². The average molecular weight is 548 g/mol. The number of fused-ring (bicyclic) bond motifs is 1. The molecule has 0 aromatic carbocycles. The predicted octanol–water partition coefficient (Wildman–Crippen LogP) is 1.45. The third kappa shape index (κ3) is 6.49. The molecule has 6 atom stereocenters. The summed E-state index contributed by atoms with van der Waals surface area (Å²) in [5.41, 5.74) is -0.645. The molecule has 11 nitrogen and oxygen atoms in total. The quantitative estimate of drug-likeness (QED) is 0.339. The monoisotopic (exact) mass is 547 g/mol. The molecule has 2 heterocycles. The molecule has 2 saturated carbocycles. The minimum Gasteiger partial charge on any atom is -0.464 e. The summed E-state index contributed by atoms with van der Waals surface area (Å²) < 4.78 is 5.38. The van der Waals surface area contributed by atoms with Gasteiger partial charge in [0.1, 0.15) is 24.2 Å². The van der Waals surface area contributed by atoms with Crippen molar-refractivity contribution in [3.63, 3.8) is 0 Å². The van der Waals surface area contributed by atoms with Crippen molar-refractivity contribution in [3.8, 4) is 0 Å². The molecule has 218 valence electrons. The Bertz CT molecular complexity index is 959. The Hall–Kier alpha value is -2.85. The zero-order valence-electron chi connectivity index (χ0n) is 23.7. The Morgan fingerprint density at radius 3 is 2.36 bits per heavy atom. The van der Waals surface area contributed by atoms with E-state index in [0.29, 0.717) is 6.54 Å². The Labute approximate surface area is 230 Å². The highest BCUT2D eigenvalue weighted by molar-refractivity contribution is 5.96. The zero-order chi connectivity index (χ0) is 28.3. The molecule has 4 fully saturated rings.